The van der Waals surface area contributed by atoms with Gasteiger partial charge in [0.15, 0.2) is 11.5 Å². The van der Waals surface area contributed by atoms with Crippen molar-refractivity contribution in [3.63, 3.8) is 0 Å². The lowest BCUT2D eigenvalue weighted by molar-refractivity contribution is -0.385. The zero-order valence-electron chi connectivity index (χ0n) is 11.5. The van der Waals surface area contributed by atoms with Gasteiger partial charge in [0.2, 0.25) is 0 Å². The number of thioether (sulfide) groups is 1. The molecule has 1 aromatic heterocycles. The smallest absolute Gasteiger partial charge is 0.298 e. The van der Waals surface area contributed by atoms with Crippen LogP contribution in [0.1, 0.15) is 12.6 Å². The molecule has 0 aliphatic rings. The number of hydrogen-bond acceptors (Lipinski definition) is 7. The van der Waals surface area contributed by atoms with E-state index < -0.39 is 4.92 Å². The van der Waals surface area contributed by atoms with E-state index in [-0.39, 0.29) is 23.3 Å². The van der Waals surface area contributed by atoms with E-state index in [1.807, 2.05) is 25.1 Å². The van der Waals surface area contributed by atoms with E-state index in [1.54, 1.807) is 17.8 Å². The van der Waals surface area contributed by atoms with Gasteiger partial charge in [-0.1, -0.05) is 5.16 Å². The SMILES string of the molecule is CSCC(C)N(C)c1ccc([N+](=O)[O-])c(/C(N)=N/O)n1. The van der Waals surface area contributed by atoms with Crippen molar-refractivity contribution in [2.45, 2.75) is 13.0 Å². The van der Waals surface area contributed by atoms with Crippen molar-refractivity contribution in [2.75, 3.05) is 24.0 Å². The summed E-state index contributed by atoms with van der Waals surface area (Å²) in [4.78, 5) is 16.3. The molecular formula is C11H17N5O3S. The van der Waals surface area contributed by atoms with Crippen LogP contribution in [0.2, 0.25) is 0 Å². The first-order valence-corrected chi connectivity index (χ1v) is 7.16. The fourth-order valence-corrected chi connectivity index (χ4v) is 2.31. The van der Waals surface area contributed by atoms with Crippen molar-refractivity contribution in [3.05, 3.63) is 27.9 Å². The third-order valence-electron chi connectivity index (χ3n) is 2.84. The van der Waals surface area contributed by atoms with Crippen LogP contribution >= 0.6 is 11.8 Å². The van der Waals surface area contributed by atoms with Crippen molar-refractivity contribution in [1.82, 2.24) is 4.98 Å². The number of amidine groups is 1. The Morgan fingerprint density at radius 3 is 2.85 bits per heavy atom. The molecule has 0 bridgehead atoms. The Bertz CT molecular complexity index is 523. The number of nitro groups is 1. The molecule has 0 fully saturated rings. The molecule has 9 heteroatoms. The van der Waals surface area contributed by atoms with Crippen LogP contribution in [0.25, 0.3) is 0 Å². The highest BCUT2D eigenvalue weighted by atomic mass is 32.2. The monoisotopic (exact) mass is 299 g/mol. The highest BCUT2D eigenvalue weighted by molar-refractivity contribution is 7.98. The van der Waals surface area contributed by atoms with Crippen molar-refractivity contribution in [3.8, 4) is 0 Å². The van der Waals surface area contributed by atoms with Crippen LogP contribution in [-0.2, 0) is 0 Å². The number of pyridine rings is 1. The summed E-state index contributed by atoms with van der Waals surface area (Å²) in [6.07, 6.45) is 2.00. The summed E-state index contributed by atoms with van der Waals surface area (Å²) in [5.41, 5.74) is 5.01. The number of hydrogen-bond donors (Lipinski definition) is 2. The maximum Gasteiger partial charge on any atom is 0.298 e. The van der Waals surface area contributed by atoms with E-state index in [1.165, 1.54) is 6.07 Å². The van der Waals surface area contributed by atoms with E-state index in [9.17, 15) is 10.1 Å². The molecule has 0 aromatic carbocycles. The maximum atomic E-state index is 10.9. The summed E-state index contributed by atoms with van der Waals surface area (Å²) in [6, 6.07) is 3.04. The number of nitrogens with two attached hydrogens (primary N) is 1. The highest BCUT2D eigenvalue weighted by Crippen LogP contribution is 2.22. The van der Waals surface area contributed by atoms with E-state index in [0.717, 1.165) is 5.75 Å². The van der Waals surface area contributed by atoms with Gasteiger partial charge in [-0.2, -0.15) is 11.8 Å². The second-order valence-electron chi connectivity index (χ2n) is 4.19. The molecule has 20 heavy (non-hydrogen) atoms. The van der Waals surface area contributed by atoms with Crippen molar-refractivity contribution in [2.24, 2.45) is 10.9 Å². The first-order valence-electron chi connectivity index (χ1n) is 5.77. The zero-order chi connectivity index (χ0) is 15.3. The largest absolute Gasteiger partial charge is 0.409 e. The molecule has 3 N–H and O–H groups in total. The number of nitrogens with zero attached hydrogens (tertiary/aromatic N) is 4. The Hall–Kier alpha value is -2.03. The zero-order valence-corrected chi connectivity index (χ0v) is 12.3. The minimum absolute atomic E-state index is 0.141. The van der Waals surface area contributed by atoms with Gasteiger partial charge in [0.1, 0.15) is 5.82 Å². The topological polar surface area (TPSA) is 118 Å². The van der Waals surface area contributed by atoms with Crippen molar-refractivity contribution >= 4 is 29.1 Å². The lowest BCUT2D eigenvalue weighted by Gasteiger charge is -2.25. The Labute approximate surface area is 120 Å². The Balaban J connectivity index is 3.22. The van der Waals surface area contributed by atoms with Crippen LogP contribution in [0.5, 0.6) is 0 Å². The Kier molecular flexibility index (Phi) is 5.56. The van der Waals surface area contributed by atoms with E-state index in [0.29, 0.717) is 5.82 Å². The molecule has 1 heterocycles. The molecule has 0 amide bonds. The molecular weight excluding hydrogens is 282 g/mol. The summed E-state index contributed by atoms with van der Waals surface area (Å²) >= 11 is 1.69. The van der Waals surface area contributed by atoms with Crippen LogP contribution in [0.15, 0.2) is 17.3 Å². The second kappa shape index (κ2) is 6.94. The van der Waals surface area contributed by atoms with E-state index in [2.05, 4.69) is 10.1 Å². The third kappa shape index (κ3) is 3.50. The van der Waals surface area contributed by atoms with Crippen LogP contribution < -0.4 is 10.6 Å². The molecule has 0 aliphatic heterocycles. The summed E-state index contributed by atoms with van der Waals surface area (Å²) < 4.78 is 0. The number of anilines is 1. The lowest BCUT2D eigenvalue weighted by atomic mass is 10.2. The van der Waals surface area contributed by atoms with Gasteiger partial charge in [-0.05, 0) is 19.2 Å². The molecule has 1 atom stereocenters. The fraction of sp³-hybridized carbons (Fsp3) is 0.455. The standard InChI is InChI=1S/C11H17N5O3S/c1-7(6-20-3)15(2)9-5-4-8(16(18)19)10(13-9)11(12)14-17/h4-5,7,17H,6H2,1-3H3,(H2,12,14). The van der Waals surface area contributed by atoms with Gasteiger partial charge in [-0.3, -0.25) is 10.1 Å². The molecule has 0 saturated carbocycles. The Morgan fingerprint density at radius 1 is 1.70 bits per heavy atom. The van der Waals surface area contributed by atoms with Crippen molar-refractivity contribution in [1.29, 1.82) is 0 Å². The molecule has 1 rings (SSSR count). The molecule has 1 aromatic rings. The predicted octanol–water partition coefficient (Wildman–Crippen LogP) is 1.27. The van der Waals surface area contributed by atoms with Gasteiger partial charge in [0, 0.05) is 24.9 Å². The van der Waals surface area contributed by atoms with E-state index in [4.69, 9.17) is 10.9 Å². The molecule has 0 radical (unpaired) electrons. The van der Waals surface area contributed by atoms with Gasteiger partial charge >= 0.3 is 0 Å². The highest BCUT2D eigenvalue weighted by Gasteiger charge is 2.21. The summed E-state index contributed by atoms with van der Waals surface area (Å²) in [6.45, 7) is 2.02. The summed E-state index contributed by atoms with van der Waals surface area (Å²) in [5.74, 6) is 1.02. The Morgan fingerprint density at radius 2 is 2.35 bits per heavy atom. The van der Waals surface area contributed by atoms with Crippen LogP contribution in [0.4, 0.5) is 11.5 Å². The normalized spacial score (nSPS) is 13.1. The summed E-state index contributed by atoms with van der Waals surface area (Å²) in [5, 5.41) is 22.4. The molecule has 1 unspecified atom stereocenters. The van der Waals surface area contributed by atoms with Crippen LogP contribution in [0, 0.1) is 10.1 Å². The third-order valence-corrected chi connectivity index (χ3v) is 3.65. The number of aromatic nitrogens is 1. The quantitative estimate of drug-likeness (QED) is 0.267. The van der Waals surface area contributed by atoms with Crippen LogP contribution in [0.3, 0.4) is 0 Å². The maximum absolute atomic E-state index is 10.9. The summed E-state index contributed by atoms with van der Waals surface area (Å²) in [7, 11) is 1.84. The number of oxime groups is 1. The average Bonchev–Trinajstić information content (AvgIpc) is 2.45. The molecule has 0 saturated heterocycles. The molecule has 0 aliphatic carbocycles. The number of rotatable bonds is 6. The van der Waals surface area contributed by atoms with Gasteiger partial charge in [-0.15, -0.1) is 0 Å². The molecule has 8 nitrogen and oxygen atoms in total. The van der Waals surface area contributed by atoms with Crippen molar-refractivity contribution < 1.29 is 10.1 Å². The first-order chi connectivity index (χ1) is 9.42. The molecule has 0 spiro atoms. The van der Waals surface area contributed by atoms with Gasteiger partial charge in [-0.25, -0.2) is 4.98 Å². The fourth-order valence-electron chi connectivity index (χ4n) is 1.60. The average molecular weight is 299 g/mol. The lowest BCUT2D eigenvalue weighted by Crippen LogP contribution is -2.32. The van der Waals surface area contributed by atoms with Gasteiger partial charge in [0.05, 0.1) is 4.92 Å². The predicted molar refractivity (Wildman–Crippen MR) is 79.6 cm³/mol. The van der Waals surface area contributed by atoms with E-state index >= 15 is 0 Å². The van der Waals surface area contributed by atoms with Gasteiger partial charge < -0.3 is 15.8 Å². The van der Waals surface area contributed by atoms with Crippen LogP contribution in [-0.4, -0.2) is 46.0 Å². The minimum Gasteiger partial charge on any atom is -0.409 e. The first kappa shape index (κ1) is 16.0. The molecule has 110 valence electrons. The van der Waals surface area contributed by atoms with Gasteiger partial charge in [0.25, 0.3) is 5.69 Å². The second-order valence-corrected chi connectivity index (χ2v) is 5.11. The minimum atomic E-state index is -0.616.